The summed E-state index contributed by atoms with van der Waals surface area (Å²) in [5.41, 5.74) is 8.12. The summed E-state index contributed by atoms with van der Waals surface area (Å²) in [5.74, 6) is 0. The average Bonchev–Trinajstić information content (AvgIpc) is 2.50. The van der Waals surface area contributed by atoms with Crippen LogP contribution >= 0.6 is 25.0 Å². The molecule has 4 N–H and O–H groups in total. The average molecular weight is 421 g/mol. The van der Waals surface area contributed by atoms with Crippen molar-refractivity contribution in [2.75, 3.05) is 13.2 Å². The Hall–Kier alpha value is 0.120. The molecule has 0 aromatic heterocycles. The fraction of sp³-hybridized carbons (Fsp3) is 1.00. The van der Waals surface area contributed by atoms with Gasteiger partial charge in [-0.25, -0.2) is 13.2 Å². The summed E-state index contributed by atoms with van der Waals surface area (Å²) in [6.07, 6.45) is 8.78. The van der Waals surface area contributed by atoms with E-state index in [1.165, 1.54) is 0 Å². The SMILES string of the molecule is [N-]=[N+]=NCCCCCCCCCCCOP(=O)(O)OP(O)OP(O)O. The van der Waals surface area contributed by atoms with Crippen LogP contribution < -0.4 is 0 Å². The monoisotopic (exact) mass is 421 g/mol. The van der Waals surface area contributed by atoms with Gasteiger partial charge in [-0.3, -0.25) is 4.52 Å². The molecule has 0 saturated carbocycles. The second-order valence-electron chi connectivity index (χ2n) is 5.09. The Labute approximate surface area is 149 Å². The van der Waals surface area contributed by atoms with Gasteiger partial charge in [0.15, 0.2) is 0 Å². The van der Waals surface area contributed by atoms with Gasteiger partial charge in [-0.1, -0.05) is 50.1 Å². The Morgan fingerprint density at radius 3 is 2.00 bits per heavy atom. The highest BCUT2D eigenvalue weighted by atomic mass is 31.3. The number of nitrogens with zero attached hydrogens (tertiary/aromatic N) is 3. The Kier molecular flexibility index (Phi) is 16.4. The van der Waals surface area contributed by atoms with Gasteiger partial charge in [0.05, 0.1) is 6.61 Å². The summed E-state index contributed by atoms with van der Waals surface area (Å²) in [4.78, 5) is 37.9. The van der Waals surface area contributed by atoms with Gasteiger partial charge >= 0.3 is 25.0 Å². The van der Waals surface area contributed by atoms with Crippen molar-refractivity contribution in [2.24, 2.45) is 5.11 Å². The molecule has 2 atom stereocenters. The van der Waals surface area contributed by atoms with Crippen molar-refractivity contribution in [3.8, 4) is 0 Å². The smallest absolute Gasteiger partial charge is 0.328 e. The number of azide groups is 1. The fourth-order valence-electron chi connectivity index (χ4n) is 1.94. The molecule has 2 unspecified atom stereocenters. The molecule has 0 saturated heterocycles. The standard InChI is InChI=1S/C11H26N3O8P3/c12-14-13-10-8-6-4-2-1-3-5-7-9-11-20-25(18,19)22-24(17)21-23(15)16/h15-17H,1-11H2,(H,18,19). The normalized spacial score (nSPS) is 14.9. The third kappa shape index (κ3) is 18.7. The largest absolute Gasteiger partial charge is 0.479 e. The fourth-order valence-corrected chi connectivity index (χ4v) is 4.08. The molecule has 11 nitrogen and oxygen atoms in total. The lowest BCUT2D eigenvalue weighted by Crippen LogP contribution is -1.95. The molecule has 25 heavy (non-hydrogen) atoms. The highest BCUT2D eigenvalue weighted by molar-refractivity contribution is 7.62. The molecule has 0 rings (SSSR count). The van der Waals surface area contributed by atoms with E-state index < -0.39 is 25.0 Å². The van der Waals surface area contributed by atoms with Crippen molar-refractivity contribution in [3.05, 3.63) is 10.4 Å². The Bertz CT molecular complexity index is 425. The molecule has 0 aliphatic carbocycles. The molecule has 0 fully saturated rings. The van der Waals surface area contributed by atoms with Crippen molar-refractivity contribution >= 4 is 25.0 Å². The maximum Gasteiger partial charge on any atom is 0.479 e. The lowest BCUT2D eigenvalue weighted by atomic mass is 10.1. The van der Waals surface area contributed by atoms with E-state index in [0.717, 1.165) is 51.4 Å². The van der Waals surface area contributed by atoms with Gasteiger partial charge in [-0.2, -0.15) is 0 Å². The van der Waals surface area contributed by atoms with Gasteiger partial charge in [0.25, 0.3) is 0 Å². The molecule has 0 spiro atoms. The van der Waals surface area contributed by atoms with Crippen LogP contribution in [0.15, 0.2) is 5.11 Å². The van der Waals surface area contributed by atoms with E-state index in [1.807, 2.05) is 0 Å². The van der Waals surface area contributed by atoms with E-state index in [0.29, 0.717) is 13.0 Å². The van der Waals surface area contributed by atoms with Crippen LogP contribution in [0, 0.1) is 0 Å². The highest BCUT2D eigenvalue weighted by Gasteiger charge is 2.28. The van der Waals surface area contributed by atoms with E-state index in [1.54, 1.807) is 0 Å². The van der Waals surface area contributed by atoms with Gasteiger partial charge in [-0.15, -0.1) is 0 Å². The highest BCUT2D eigenvalue weighted by Crippen LogP contribution is 2.59. The molecule has 148 valence electrons. The van der Waals surface area contributed by atoms with Crippen LogP contribution in [-0.2, 0) is 17.7 Å². The number of hydrogen-bond acceptors (Lipinski definition) is 8. The van der Waals surface area contributed by atoms with E-state index in [2.05, 4.69) is 23.2 Å². The van der Waals surface area contributed by atoms with Crippen LogP contribution in [0.25, 0.3) is 10.4 Å². The van der Waals surface area contributed by atoms with Crippen LogP contribution in [0.5, 0.6) is 0 Å². The number of phosphoric ester groups is 1. The molecule has 0 radical (unpaired) electrons. The summed E-state index contributed by atoms with van der Waals surface area (Å²) >= 11 is 0. The Balaban J connectivity index is 3.45. The maximum absolute atomic E-state index is 11.4. The van der Waals surface area contributed by atoms with Crippen molar-refractivity contribution in [2.45, 2.75) is 57.8 Å². The predicted molar refractivity (Wildman–Crippen MR) is 94.0 cm³/mol. The van der Waals surface area contributed by atoms with Gasteiger partial charge in [0.2, 0.25) is 0 Å². The minimum absolute atomic E-state index is 0.0105. The van der Waals surface area contributed by atoms with Crippen molar-refractivity contribution < 1.29 is 37.3 Å². The molecule has 0 aromatic carbocycles. The summed E-state index contributed by atoms with van der Waals surface area (Å²) in [5, 5.41) is 3.47. The topological polar surface area (TPSA) is 174 Å². The maximum atomic E-state index is 11.4. The number of rotatable bonds is 17. The van der Waals surface area contributed by atoms with Gasteiger partial charge in [0.1, 0.15) is 0 Å². The lowest BCUT2D eigenvalue weighted by Gasteiger charge is -2.14. The van der Waals surface area contributed by atoms with Crippen molar-refractivity contribution in [1.82, 2.24) is 0 Å². The van der Waals surface area contributed by atoms with Crippen LogP contribution in [-0.4, -0.2) is 32.7 Å². The quantitative estimate of drug-likeness (QED) is 0.0879. The molecular formula is C11H26N3O8P3. The first-order chi connectivity index (χ1) is 11.9. The molecule has 0 bridgehead atoms. The van der Waals surface area contributed by atoms with Crippen LogP contribution in [0.1, 0.15) is 57.8 Å². The summed E-state index contributed by atoms with van der Waals surface area (Å²) in [6, 6.07) is 0. The first-order valence-electron chi connectivity index (χ1n) is 7.90. The van der Waals surface area contributed by atoms with E-state index in [-0.39, 0.29) is 6.61 Å². The van der Waals surface area contributed by atoms with E-state index >= 15 is 0 Å². The zero-order valence-electron chi connectivity index (χ0n) is 13.9. The Morgan fingerprint density at radius 1 is 0.960 bits per heavy atom. The van der Waals surface area contributed by atoms with E-state index in [4.69, 9.17) is 20.2 Å². The minimum atomic E-state index is -4.48. The molecule has 0 aliphatic rings. The second kappa shape index (κ2) is 16.3. The molecule has 0 aliphatic heterocycles. The lowest BCUT2D eigenvalue weighted by molar-refractivity contribution is 0.191. The molecule has 0 amide bonds. The van der Waals surface area contributed by atoms with Crippen LogP contribution in [0.4, 0.5) is 0 Å². The molecule has 0 heterocycles. The first kappa shape index (κ1) is 25.1. The molecule has 14 heteroatoms. The summed E-state index contributed by atoms with van der Waals surface area (Å²) in [7, 11) is -10.2. The van der Waals surface area contributed by atoms with Crippen LogP contribution in [0.3, 0.4) is 0 Å². The number of phosphoric acid groups is 1. The molecule has 0 aromatic rings. The van der Waals surface area contributed by atoms with E-state index in [9.17, 15) is 9.46 Å². The third-order valence-electron chi connectivity index (χ3n) is 3.04. The van der Waals surface area contributed by atoms with Crippen molar-refractivity contribution in [1.29, 1.82) is 0 Å². The summed E-state index contributed by atoms with van der Waals surface area (Å²) < 4.78 is 24.3. The third-order valence-corrected chi connectivity index (χ3v) is 6.07. The first-order valence-corrected chi connectivity index (χ1v) is 11.7. The zero-order chi connectivity index (χ0) is 19.0. The number of hydrogen-bond donors (Lipinski definition) is 4. The Morgan fingerprint density at radius 2 is 1.48 bits per heavy atom. The van der Waals surface area contributed by atoms with Gasteiger partial charge in [-0.05, 0) is 18.4 Å². The summed E-state index contributed by atoms with van der Waals surface area (Å²) in [6.45, 7) is 0.546. The van der Waals surface area contributed by atoms with Crippen LogP contribution in [0.2, 0.25) is 0 Å². The van der Waals surface area contributed by atoms with Gasteiger partial charge in [0, 0.05) is 11.5 Å². The zero-order valence-corrected chi connectivity index (χ0v) is 16.6. The predicted octanol–water partition coefficient (Wildman–Crippen LogP) is 4.39. The molecular weight excluding hydrogens is 395 g/mol. The van der Waals surface area contributed by atoms with Crippen molar-refractivity contribution in [3.63, 3.8) is 0 Å². The minimum Gasteiger partial charge on any atom is -0.328 e. The van der Waals surface area contributed by atoms with Gasteiger partial charge < -0.3 is 19.6 Å². The second-order valence-corrected chi connectivity index (χ2v) is 8.57. The number of unbranched alkanes of at least 4 members (excludes halogenated alkanes) is 8.